The normalized spacial score (nSPS) is 10.9. The van der Waals surface area contributed by atoms with E-state index in [-0.39, 0.29) is 10.7 Å². The molecule has 0 atom stereocenters. The van der Waals surface area contributed by atoms with Crippen molar-refractivity contribution in [3.05, 3.63) is 53.2 Å². The number of carboxylic acids is 1. The minimum absolute atomic E-state index is 0.177. The van der Waals surface area contributed by atoms with Gasteiger partial charge in [-0.15, -0.1) is 0 Å². The van der Waals surface area contributed by atoms with Crippen LogP contribution in [0.4, 0.5) is 0 Å². The maximum Gasteiger partial charge on any atom is 0.336 e. The molecule has 0 unspecified atom stereocenters. The van der Waals surface area contributed by atoms with E-state index in [4.69, 9.17) is 11.6 Å². The van der Waals surface area contributed by atoms with Crippen molar-refractivity contribution in [2.45, 2.75) is 0 Å². The van der Waals surface area contributed by atoms with Crippen LogP contribution in [-0.2, 0) is 0 Å². The van der Waals surface area contributed by atoms with Gasteiger partial charge in [0.15, 0.2) is 0 Å². The molecule has 0 saturated heterocycles. The smallest absolute Gasteiger partial charge is 0.336 e. The van der Waals surface area contributed by atoms with Gasteiger partial charge in [0.25, 0.3) is 0 Å². The fraction of sp³-hybridized carbons (Fsp3) is 0. The lowest BCUT2D eigenvalue weighted by Crippen LogP contribution is -1.99. The fourth-order valence-corrected chi connectivity index (χ4v) is 2.30. The van der Waals surface area contributed by atoms with Gasteiger partial charge < -0.3 is 5.11 Å². The van der Waals surface area contributed by atoms with Crippen molar-refractivity contribution in [3.8, 4) is 0 Å². The summed E-state index contributed by atoms with van der Waals surface area (Å²) in [5.41, 5.74) is 0.800. The maximum absolute atomic E-state index is 11.2. The molecule has 0 aliphatic rings. The molecule has 0 saturated carbocycles. The quantitative estimate of drug-likeness (QED) is 0.534. The first-order valence-electron chi connectivity index (χ1n) is 5.38. The first-order valence-corrected chi connectivity index (χ1v) is 5.76. The Balaban J connectivity index is 2.55. The molecule has 0 aliphatic carbocycles. The molecule has 0 radical (unpaired) electrons. The number of carboxylic acid groups (broad SMARTS) is 1. The van der Waals surface area contributed by atoms with Gasteiger partial charge in [-0.2, -0.15) is 0 Å². The van der Waals surface area contributed by atoms with E-state index in [1.165, 1.54) is 6.07 Å². The summed E-state index contributed by atoms with van der Waals surface area (Å²) in [5.74, 6) is -1.00. The monoisotopic (exact) mass is 257 g/mol. The number of pyridine rings is 1. The topological polar surface area (TPSA) is 50.2 Å². The highest BCUT2D eigenvalue weighted by atomic mass is 35.5. The van der Waals surface area contributed by atoms with E-state index in [1.807, 2.05) is 30.3 Å². The van der Waals surface area contributed by atoms with Crippen LogP contribution in [0.1, 0.15) is 10.4 Å². The van der Waals surface area contributed by atoms with Gasteiger partial charge in [-0.3, -0.25) is 0 Å². The van der Waals surface area contributed by atoms with E-state index >= 15 is 0 Å². The second kappa shape index (κ2) is 3.96. The minimum Gasteiger partial charge on any atom is -0.478 e. The Bertz CT molecular complexity index is 783. The molecule has 88 valence electrons. The molecule has 18 heavy (non-hydrogen) atoms. The lowest BCUT2D eigenvalue weighted by molar-refractivity contribution is 0.0699. The number of rotatable bonds is 1. The maximum atomic E-state index is 11.2. The Morgan fingerprint density at radius 2 is 1.89 bits per heavy atom. The second-order valence-corrected chi connectivity index (χ2v) is 4.37. The number of hydrogen-bond donors (Lipinski definition) is 1. The molecule has 3 aromatic rings. The SMILES string of the molecule is O=C(O)c1cc(Cl)nc2c1ccc1ccccc12. The third kappa shape index (κ3) is 1.60. The van der Waals surface area contributed by atoms with Gasteiger partial charge in [-0.1, -0.05) is 48.0 Å². The van der Waals surface area contributed by atoms with Gasteiger partial charge >= 0.3 is 5.97 Å². The van der Waals surface area contributed by atoms with Crippen LogP contribution in [0.15, 0.2) is 42.5 Å². The highest BCUT2D eigenvalue weighted by molar-refractivity contribution is 6.31. The summed E-state index contributed by atoms with van der Waals surface area (Å²) in [7, 11) is 0. The van der Waals surface area contributed by atoms with Crippen LogP contribution in [0.2, 0.25) is 5.15 Å². The molecule has 0 amide bonds. The fourth-order valence-electron chi connectivity index (χ4n) is 2.11. The Hall–Kier alpha value is -2.13. The van der Waals surface area contributed by atoms with Crippen molar-refractivity contribution < 1.29 is 9.90 Å². The minimum atomic E-state index is -1.00. The standard InChI is InChI=1S/C14H8ClNO2/c15-12-7-11(14(17)18)10-6-5-8-3-1-2-4-9(8)13(10)16-12/h1-7H,(H,17,18). The van der Waals surface area contributed by atoms with Gasteiger partial charge in [0.05, 0.1) is 11.1 Å². The average molecular weight is 258 g/mol. The molecular formula is C14H8ClNO2. The zero-order valence-electron chi connectivity index (χ0n) is 9.22. The van der Waals surface area contributed by atoms with Crippen molar-refractivity contribution in [3.63, 3.8) is 0 Å². The van der Waals surface area contributed by atoms with Crippen LogP contribution in [0, 0.1) is 0 Å². The van der Waals surface area contributed by atoms with Crippen LogP contribution in [-0.4, -0.2) is 16.1 Å². The van der Waals surface area contributed by atoms with Crippen LogP contribution in [0.3, 0.4) is 0 Å². The van der Waals surface area contributed by atoms with E-state index in [0.717, 1.165) is 10.8 Å². The number of fused-ring (bicyclic) bond motifs is 3. The summed E-state index contributed by atoms with van der Waals surface area (Å²) in [6.07, 6.45) is 0. The van der Waals surface area contributed by atoms with Gasteiger partial charge in [0, 0.05) is 10.8 Å². The van der Waals surface area contributed by atoms with E-state index < -0.39 is 5.97 Å². The Morgan fingerprint density at radius 3 is 2.67 bits per heavy atom. The van der Waals surface area contributed by atoms with Crippen molar-refractivity contribution >= 4 is 39.2 Å². The van der Waals surface area contributed by atoms with Gasteiger partial charge in [0.1, 0.15) is 5.15 Å². The number of halogens is 1. The van der Waals surface area contributed by atoms with Crippen molar-refractivity contribution in [2.75, 3.05) is 0 Å². The van der Waals surface area contributed by atoms with Crippen LogP contribution in [0.25, 0.3) is 21.7 Å². The lowest BCUT2D eigenvalue weighted by atomic mass is 10.0. The third-order valence-corrected chi connectivity index (χ3v) is 3.10. The number of benzene rings is 2. The molecule has 1 N–H and O–H groups in total. The summed E-state index contributed by atoms with van der Waals surface area (Å²) in [6, 6.07) is 12.7. The summed E-state index contributed by atoms with van der Waals surface area (Å²) in [6.45, 7) is 0. The lowest BCUT2D eigenvalue weighted by Gasteiger charge is -2.06. The molecule has 0 aliphatic heterocycles. The highest BCUT2D eigenvalue weighted by Gasteiger charge is 2.12. The first kappa shape index (κ1) is 11.0. The molecule has 2 aromatic carbocycles. The predicted octanol–water partition coefficient (Wildman–Crippen LogP) is 3.74. The van der Waals surface area contributed by atoms with Crippen molar-refractivity contribution in [2.24, 2.45) is 0 Å². The number of aromatic nitrogens is 1. The largest absolute Gasteiger partial charge is 0.478 e. The van der Waals surface area contributed by atoms with E-state index in [1.54, 1.807) is 6.07 Å². The molecule has 0 spiro atoms. The predicted molar refractivity (Wildman–Crippen MR) is 71.2 cm³/mol. The second-order valence-electron chi connectivity index (χ2n) is 3.98. The van der Waals surface area contributed by atoms with Crippen molar-refractivity contribution in [1.29, 1.82) is 0 Å². The van der Waals surface area contributed by atoms with Crippen LogP contribution < -0.4 is 0 Å². The molecule has 3 rings (SSSR count). The molecule has 0 bridgehead atoms. The zero-order valence-corrected chi connectivity index (χ0v) is 9.98. The Kier molecular flexibility index (Phi) is 2.42. The van der Waals surface area contributed by atoms with Crippen LogP contribution >= 0.6 is 11.6 Å². The molecule has 1 aromatic heterocycles. The number of hydrogen-bond acceptors (Lipinski definition) is 2. The van der Waals surface area contributed by atoms with Crippen LogP contribution in [0.5, 0.6) is 0 Å². The number of carbonyl (C=O) groups is 1. The zero-order chi connectivity index (χ0) is 12.7. The summed E-state index contributed by atoms with van der Waals surface area (Å²) >= 11 is 5.89. The highest BCUT2D eigenvalue weighted by Crippen LogP contribution is 2.28. The van der Waals surface area contributed by atoms with Gasteiger partial charge in [-0.05, 0) is 11.5 Å². The average Bonchev–Trinajstić information content (AvgIpc) is 2.37. The summed E-state index contributed by atoms with van der Waals surface area (Å²) in [4.78, 5) is 15.5. The molecule has 4 heteroatoms. The Morgan fingerprint density at radius 1 is 1.11 bits per heavy atom. The molecule has 0 fully saturated rings. The van der Waals surface area contributed by atoms with E-state index in [2.05, 4.69) is 4.98 Å². The van der Waals surface area contributed by atoms with E-state index in [0.29, 0.717) is 10.9 Å². The summed E-state index contributed by atoms with van der Waals surface area (Å²) < 4.78 is 0. The summed E-state index contributed by atoms with van der Waals surface area (Å²) in [5, 5.41) is 11.9. The molecular weight excluding hydrogens is 250 g/mol. The third-order valence-electron chi connectivity index (χ3n) is 2.90. The van der Waals surface area contributed by atoms with E-state index in [9.17, 15) is 9.90 Å². The number of aromatic carboxylic acids is 1. The molecule has 1 heterocycles. The Labute approximate surface area is 108 Å². The van der Waals surface area contributed by atoms with Gasteiger partial charge in [0.2, 0.25) is 0 Å². The molecule has 3 nitrogen and oxygen atoms in total. The van der Waals surface area contributed by atoms with Gasteiger partial charge in [-0.25, -0.2) is 9.78 Å². The first-order chi connectivity index (χ1) is 8.66. The number of nitrogens with zero attached hydrogens (tertiary/aromatic N) is 1. The van der Waals surface area contributed by atoms with Crippen molar-refractivity contribution in [1.82, 2.24) is 4.98 Å².